The molecule has 3 rings (SSSR count). The summed E-state index contributed by atoms with van der Waals surface area (Å²) in [4.78, 5) is 11.9. The van der Waals surface area contributed by atoms with Crippen LogP contribution < -0.4 is 15.4 Å². The molecule has 1 saturated heterocycles. The van der Waals surface area contributed by atoms with Crippen LogP contribution in [0.1, 0.15) is 24.0 Å². The summed E-state index contributed by atoms with van der Waals surface area (Å²) in [5.41, 5.74) is 3.11. The van der Waals surface area contributed by atoms with Crippen molar-refractivity contribution in [3.05, 3.63) is 59.7 Å². The predicted octanol–water partition coefficient (Wildman–Crippen LogP) is 3.28. The van der Waals surface area contributed by atoms with E-state index in [2.05, 4.69) is 10.6 Å². The number of hydrogen-bond donors (Lipinski definition) is 2. The first kappa shape index (κ1) is 18.4. The van der Waals surface area contributed by atoms with E-state index in [0.29, 0.717) is 11.9 Å². The van der Waals surface area contributed by atoms with Crippen LogP contribution in [0.2, 0.25) is 0 Å². The molecular weight excluding hydrogens is 328 g/mol. The molecule has 5 nitrogen and oxygen atoms in total. The van der Waals surface area contributed by atoms with E-state index in [-0.39, 0.29) is 12.5 Å². The van der Waals surface area contributed by atoms with Gasteiger partial charge in [0.1, 0.15) is 5.75 Å². The third-order valence-electron chi connectivity index (χ3n) is 4.35. The first-order valence-electron chi connectivity index (χ1n) is 9.09. The molecule has 1 aliphatic heterocycles. The van der Waals surface area contributed by atoms with Gasteiger partial charge in [-0.15, -0.1) is 0 Å². The van der Waals surface area contributed by atoms with E-state index < -0.39 is 0 Å². The molecule has 2 N–H and O–H groups in total. The third-order valence-corrected chi connectivity index (χ3v) is 4.35. The first-order valence-corrected chi connectivity index (χ1v) is 9.09. The van der Waals surface area contributed by atoms with Crippen molar-refractivity contribution in [1.82, 2.24) is 5.32 Å². The molecule has 0 aromatic heterocycles. The van der Waals surface area contributed by atoms with Crippen molar-refractivity contribution in [3.63, 3.8) is 0 Å². The quantitative estimate of drug-likeness (QED) is 0.764. The normalized spacial score (nSPS) is 16.4. The lowest BCUT2D eigenvalue weighted by Gasteiger charge is -2.11. The van der Waals surface area contributed by atoms with E-state index in [1.54, 1.807) is 0 Å². The van der Waals surface area contributed by atoms with Gasteiger partial charge >= 0.3 is 0 Å². The smallest absolute Gasteiger partial charge is 0.262 e. The predicted molar refractivity (Wildman–Crippen MR) is 102 cm³/mol. The summed E-state index contributed by atoms with van der Waals surface area (Å²) in [5, 5.41) is 6.23. The van der Waals surface area contributed by atoms with E-state index in [1.807, 2.05) is 55.5 Å². The monoisotopic (exact) mass is 354 g/mol. The lowest BCUT2D eigenvalue weighted by atomic mass is 10.2. The SMILES string of the molecule is Cc1ccc(NC(=O)COc2ccc(CNC[C@@H]3CCCO3)cc2)cc1. The Hall–Kier alpha value is -2.37. The Labute approximate surface area is 154 Å². The van der Waals surface area contributed by atoms with Gasteiger partial charge in [-0.2, -0.15) is 0 Å². The van der Waals surface area contributed by atoms with Crippen LogP contribution in [0.3, 0.4) is 0 Å². The zero-order valence-electron chi connectivity index (χ0n) is 15.2. The summed E-state index contributed by atoms with van der Waals surface area (Å²) in [6.45, 7) is 4.57. The average Bonchev–Trinajstić information content (AvgIpc) is 3.16. The fourth-order valence-corrected chi connectivity index (χ4v) is 2.87. The number of hydrogen-bond acceptors (Lipinski definition) is 4. The molecule has 1 atom stereocenters. The van der Waals surface area contributed by atoms with Gasteiger partial charge in [0.25, 0.3) is 5.91 Å². The second kappa shape index (κ2) is 9.36. The molecule has 2 aromatic carbocycles. The van der Waals surface area contributed by atoms with Crippen molar-refractivity contribution in [1.29, 1.82) is 0 Å². The fourth-order valence-electron chi connectivity index (χ4n) is 2.87. The number of amides is 1. The summed E-state index contributed by atoms with van der Waals surface area (Å²) >= 11 is 0. The molecule has 0 spiro atoms. The van der Waals surface area contributed by atoms with Gasteiger partial charge in [0.15, 0.2) is 6.61 Å². The van der Waals surface area contributed by atoms with Gasteiger partial charge in [-0.1, -0.05) is 29.8 Å². The van der Waals surface area contributed by atoms with Gasteiger partial charge in [-0.25, -0.2) is 0 Å². The van der Waals surface area contributed by atoms with E-state index in [9.17, 15) is 4.79 Å². The van der Waals surface area contributed by atoms with E-state index >= 15 is 0 Å². The van der Waals surface area contributed by atoms with Crippen LogP contribution >= 0.6 is 0 Å². The molecular formula is C21H26N2O3. The standard InChI is InChI=1S/C21H26N2O3/c1-16-4-8-18(9-5-16)23-21(24)15-26-19-10-6-17(7-11-19)13-22-14-20-3-2-12-25-20/h4-11,20,22H,2-3,12-15H2,1H3,(H,23,24)/t20-/m0/s1. The summed E-state index contributed by atoms with van der Waals surface area (Å²) in [6.07, 6.45) is 2.66. The number of benzene rings is 2. The zero-order chi connectivity index (χ0) is 18.2. The van der Waals surface area contributed by atoms with Crippen LogP contribution in [0.4, 0.5) is 5.69 Å². The molecule has 1 aliphatic rings. The Bertz CT molecular complexity index is 692. The number of nitrogens with one attached hydrogen (secondary N) is 2. The number of carbonyl (C=O) groups excluding carboxylic acids is 1. The second-order valence-corrected chi connectivity index (χ2v) is 6.61. The highest BCUT2D eigenvalue weighted by molar-refractivity contribution is 5.91. The van der Waals surface area contributed by atoms with Gasteiger partial charge in [-0.3, -0.25) is 4.79 Å². The highest BCUT2D eigenvalue weighted by Crippen LogP contribution is 2.14. The average molecular weight is 354 g/mol. The molecule has 26 heavy (non-hydrogen) atoms. The fraction of sp³-hybridized carbons (Fsp3) is 0.381. The molecule has 2 aromatic rings. The van der Waals surface area contributed by atoms with E-state index in [1.165, 1.54) is 5.56 Å². The minimum absolute atomic E-state index is 0.00943. The topological polar surface area (TPSA) is 59.6 Å². The van der Waals surface area contributed by atoms with Crippen LogP contribution in [-0.4, -0.2) is 31.8 Å². The highest BCUT2D eigenvalue weighted by atomic mass is 16.5. The maximum Gasteiger partial charge on any atom is 0.262 e. The third kappa shape index (κ3) is 5.86. The van der Waals surface area contributed by atoms with Crippen LogP contribution in [0, 0.1) is 6.92 Å². The lowest BCUT2D eigenvalue weighted by molar-refractivity contribution is -0.118. The van der Waals surface area contributed by atoms with Crippen molar-refractivity contribution in [2.75, 3.05) is 25.1 Å². The van der Waals surface area contributed by atoms with Crippen LogP contribution in [0.15, 0.2) is 48.5 Å². The number of ether oxygens (including phenoxy) is 2. The molecule has 1 heterocycles. The van der Waals surface area contributed by atoms with Gasteiger partial charge in [-0.05, 0) is 49.6 Å². The minimum Gasteiger partial charge on any atom is -0.484 e. The zero-order valence-corrected chi connectivity index (χ0v) is 15.2. The van der Waals surface area contributed by atoms with Gasteiger partial charge in [0, 0.05) is 25.4 Å². The van der Waals surface area contributed by atoms with Gasteiger partial charge in [0.2, 0.25) is 0 Å². The molecule has 0 unspecified atom stereocenters. The Kier molecular flexibility index (Phi) is 6.63. The Morgan fingerprint density at radius 2 is 1.92 bits per heavy atom. The number of carbonyl (C=O) groups is 1. The molecule has 1 fully saturated rings. The first-order chi connectivity index (χ1) is 12.7. The summed E-state index contributed by atoms with van der Waals surface area (Å²) in [5.74, 6) is 0.517. The van der Waals surface area contributed by atoms with Crippen LogP contribution in [0.5, 0.6) is 5.75 Å². The van der Waals surface area contributed by atoms with Gasteiger partial charge < -0.3 is 20.1 Å². The van der Waals surface area contributed by atoms with E-state index in [4.69, 9.17) is 9.47 Å². The summed E-state index contributed by atoms with van der Waals surface area (Å²) in [6, 6.07) is 15.5. The number of rotatable bonds is 8. The molecule has 1 amide bonds. The van der Waals surface area contributed by atoms with E-state index in [0.717, 1.165) is 43.8 Å². The Morgan fingerprint density at radius 1 is 1.15 bits per heavy atom. The number of aryl methyl sites for hydroxylation is 1. The number of anilines is 1. The van der Waals surface area contributed by atoms with Crippen molar-refractivity contribution < 1.29 is 14.3 Å². The molecule has 0 aliphatic carbocycles. The van der Waals surface area contributed by atoms with Crippen molar-refractivity contribution >= 4 is 11.6 Å². The van der Waals surface area contributed by atoms with Crippen LogP contribution in [-0.2, 0) is 16.1 Å². The van der Waals surface area contributed by atoms with Crippen LogP contribution in [0.25, 0.3) is 0 Å². The maximum atomic E-state index is 11.9. The summed E-state index contributed by atoms with van der Waals surface area (Å²) in [7, 11) is 0. The van der Waals surface area contributed by atoms with Gasteiger partial charge in [0.05, 0.1) is 6.10 Å². The maximum absolute atomic E-state index is 11.9. The Morgan fingerprint density at radius 3 is 2.62 bits per heavy atom. The van der Waals surface area contributed by atoms with Crippen molar-refractivity contribution in [2.24, 2.45) is 0 Å². The Balaban J connectivity index is 1.37. The van der Waals surface area contributed by atoms with Crippen molar-refractivity contribution in [2.45, 2.75) is 32.4 Å². The molecule has 5 heteroatoms. The largest absolute Gasteiger partial charge is 0.484 e. The second-order valence-electron chi connectivity index (χ2n) is 6.61. The van der Waals surface area contributed by atoms with Crippen molar-refractivity contribution in [3.8, 4) is 5.75 Å². The molecule has 0 radical (unpaired) electrons. The molecule has 138 valence electrons. The minimum atomic E-state index is -0.170. The summed E-state index contributed by atoms with van der Waals surface area (Å²) < 4.78 is 11.1. The molecule has 0 bridgehead atoms. The molecule has 0 saturated carbocycles. The lowest BCUT2D eigenvalue weighted by Crippen LogP contribution is -2.25. The highest BCUT2D eigenvalue weighted by Gasteiger charge is 2.14.